The standard InChI is InChI=1S/2C14H16NOSi.Zr/c2*1-17(2,13-10-6-7-11-13)15-14(16)12-8-4-3-5-9-12;/h2*3-6,8-10H,7H2,1-2H3,(H,15,16);. The summed E-state index contributed by atoms with van der Waals surface area (Å²) in [6.07, 6.45) is 11.0. The van der Waals surface area contributed by atoms with Crippen LogP contribution in [0, 0.1) is 0 Å². The summed E-state index contributed by atoms with van der Waals surface area (Å²) in [7, 11) is -4.31. The van der Waals surface area contributed by atoms with Gasteiger partial charge in [-0.15, -0.1) is 0 Å². The number of benzene rings is 2. The monoisotopic (exact) mass is 574 g/mol. The fourth-order valence-electron chi connectivity index (χ4n) is 4.63. The third-order valence-electron chi connectivity index (χ3n) is 6.44. The van der Waals surface area contributed by atoms with Crippen molar-refractivity contribution in [2.75, 3.05) is 0 Å². The van der Waals surface area contributed by atoms with Gasteiger partial charge in [0, 0.05) is 0 Å². The molecule has 0 radical (unpaired) electrons. The Bertz CT molecular complexity index is 1150. The second-order valence-corrected chi connectivity index (χ2v) is 21.7. The molecule has 4 rings (SSSR count). The van der Waals surface area contributed by atoms with E-state index in [1.54, 1.807) is 6.56 Å². The van der Waals surface area contributed by atoms with Gasteiger partial charge >= 0.3 is 223 Å². The second kappa shape index (κ2) is 10.7. The van der Waals surface area contributed by atoms with Crippen LogP contribution >= 0.6 is 0 Å². The van der Waals surface area contributed by atoms with Gasteiger partial charge in [0.25, 0.3) is 0 Å². The molecular formula is C28H32N2O2Si2Zr. The first-order valence-corrected chi connectivity index (χ1v) is 20.5. The Balaban J connectivity index is 1.54. The Morgan fingerprint density at radius 2 is 1.03 bits per heavy atom. The maximum absolute atomic E-state index is 12.9. The van der Waals surface area contributed by atoms with Gasteiger partial charge in [0.1, 0.15) is 0 Å². The van der Waals surface area contributed by atoms with Crippen molar-refractivity contribution in [2.45, 2.75) is 39.0 Å². The van der Waals surface area contributed by atoms with Crippen molar-refractivity contribution in [3.05, 3.63) is 113 Å². The van der Waals surface area contributed by atoms with E-state index >= 15 is 0 Å². The first kappa shape index (κ1) is 25.7. The normalized spacial score (nSPS) is 15.5. The average Bonchev–Trinajstić information content (AvgIpc) is 3.50. The Morgan fingerprint density at radius 3 is 1.40 bits per heavy atom. The van der Waals surface area contributed by atoms with Crippen molar-refractivity contribution >= 4 is 28.3 Å². The van der Waals surface area contributed by atoms with E-state index < -0.39 is 39.7 Å². The Labute approximate surface area is 222 Å². The maximum atomic E-state index is 12.9. The first-order chi connectivity index (χ1) is 16.7. The number of rotatable bonds is 8. The molecule has 0 aromatic heterocycles. The number of hydrogen-bond acceptors (Lipinski definition) is 2. The van der Waals surface area contributed by atoms with E-state index in [0.717, 1.165) is 12.8 Å². The molecule has 7 heteroatoms. The summed E-state index contributed by atoms with van der Waals surface area (Å²) < 4.78 is 3.13. The molecule has 0 saturated carbocycles. The summed E-state index contributed by atoms with van der Waals surface area (Å²) in [5, 5.41) is 2.78. The quantitative estimate of drug-likeness (QED) is 0.388. The molecule has 0 bridgehead atoms. The molecule has 2 aromatic carbocycles. The van der Waals surface area contributed by atoms with Crippen molar-refractivity contribution in [1.29, 1.82) is 0 Å². The van der Waals surface area contributed by atoms with Crippen molar-refractivity contribution in [3.8, 4) is 0 Å². The van der Waals surface area contributed by atoms with Crippen molar-refractivity contribution in [3.63, 3.8) is 0 Å². The van der Waals surface area contributed by atoms with Crippen molar-refractivity contribution in [2.24, 2.45) is 0 Å². The molecule has 0 spiro atoms. The number of carbonyl (C=O) groups is 2. The van der Waals surface area contributed by atoms with Crippen LogP contribution in [0.3, 0.4) is 0 Å². The van der Waals surface area contributed by atoms with E-state index in [1.807, 2.05) is 60.7 Å². The molecule has 2 aliphatic carbocycles. The van der Waals surface area contributed by atoms with E-state index in [-0.39, 0.29) is 11.8 Å². The van der Waals surface area contributed by atoms with Crippen LogP contribution in [0.2, 0.25) is 26.2 Å². The van der Waals surface area contributed by atoms with Gasteiger partial charge in [-0.3, -0.25) is 0 Å². The second-order valence-electron chi connectivity index (χ2n) is 10.0. The third kappa shape index (κ3) is 6.08. The van der Waals surface area contributed by atoms with Gasteiger partial charge < -0.3 is 0 Å². The summed E-state index contributed by atoms with van der Waals surface area (Å²) in [4.78, 5) is 32.6. The number of carbonyl (C=O) groups excluding carboxylic acids is 2. The average molecular weight is 576 g/mol. The van der Waals surface area contributed by atoms with Gasteiger partial charge in [-0.1, -0.05) is 0 Å². The van der Waals surface area contributed by atoms with Crippen LogP contribution in [0.15, 0.2) is 102 Å². The molecule has 0 saturated heterocycles. The number of amides is 2. The van der Waals surface area contributed by atoms with Crippen LogP contribution in [0.1, 0.15) is 33.6 Å². The third-order valence-corrected chi connectivity index (χ3v) is 16.8. The number of hydrogen-bond donors (Lipinski definition) is 2. The molecule has 4 nitrogen and oxygen atoms in total. The van der Waals surface area contributed by atoms with E-state index in [9.17, 15) is 9.59 Å². The van der Waals surface area contributed by atoms with Gasteiger partial charge in [0.05, 0.1) is 0 Å². The summed E-state index contributed by atoms with van der Waals surface area (Å²) >= 11 is -1.03. The SMILES string of the molecule is C[Si](C)(NC(=O)c1ccccc1)C1=[C]([Zr][C]2=C([Si](C)(C)NC(=O)c3ccccc3)C=CC2)CC=C1. The zero-order valence-electron chi connectivity index (χ0n) is 20.8. The van der Waals surface area contributed by atoms with E-state index in [1.165, 1.54) is 10.4 Å². The summed E-state index contributed by atoms with van der Waals surface area (Å²) in [6, 6.07) is 19.0. The Hall–Kier alpha value is -2.34. The van der Waals surface area contributed by atoms with Crippen molar-refractivity contribution < 1.29 is 32.8 Å². The minimum absolute atomic E-state index is 0.0134. The molecule has 0 unspecified atom stereocenters. The predicted octanol–water partition coefficient (Wildman–Crippen LogP) is 5.85. The van der Waals surface area contributed by atoms with Gasteiger partial charge in [-0.25, -0.2) is 0 Å². The molecule has 2 N–H and O–H groups in total. The fourth-order valence-corrected chi connectivity index (χ4v) is 17.5. The van der Waals surface area contributed by atoms with E-state index in [0.29, 0.717) is 11.1 Å². The summed E-state index contributed by atoms with van der Waals surface area (Å²) in [5.74, 6) is 0.0267. The van der Waals surface area contributed by atoms with Crippen LogP contribution < -0.4 is 9.96 Å². The van der Waals surface area contributed by atoms with Gasteiger partial charge in [-0.05, 0) is 0 Å². The fraction of sp³-hybridized carbons (Fsp3) is 0.214. The van der Waals surface area contributed by atoms with Gasteiger partial charge in [0.2, 0.25) is 0 Å². The Morgan fingerprint density at radius 1 is 0.657 bits per heavy atom. The van der Waals surface area contributed by atoms with Crippen LogP contribution in [-0.2, 0) is 23.2 Å². The first-order valence-electron chi connectivity index (χ1n) is 12.0. The molecule has 0 atom stereocenters. The number of allylic oxidation sites excluding steroid dienone is 8. The molecule has 2 amide bonds. The molecule has 0 aliphatic heterocycles. The van der Waals surface area contributed by atoms with E-state index in [2.05, 4.69) is 60.5 Å². The summed E-state index contributed by atoms with van der Waals surface area (Å²) in [5.41, 5.74) is 1.42. The molecule has 0 heterocycles. The zero-order chi connectivity index (χ0) is 25.1. The Kier molecular flexibility index (Phi) is 7.89. The molecule has 2 aliphatic rings. The van der Waals surface area contributed by atoms with Crippen LogP contribution in [0.5, 0.6) is 0 Å². The molecule has 0 fully saturated rings. The topological polar surface area (TPSA) is 58.2 Å². The van der Waals surface area contributed by atoms with Crippen LogP contribution in [0.4, 0.5) is 0 Å². The molecule has 2 aromatic rings. The zero-order valence-corrected chi connectivity index (χ0v) is 25.3. The van der Waals surface area contributed by atoms with Gasteiger partial charge in [0.15, 0.2) is 0 Å². The van der Waals surface area contributed by atoms with Crippen LogP contribution in [0.25, 0.3) is 0 Å². The summed E-state index contributed by atoms with van der Waals surface area (Å²) in [6.45, 7) is 8.94. The molecular weight excluding hydrogens is 544 g/mol. The van der Waals surface area contributed by atoms with E-state index in [4.69, 9.17) is 0 Å². The number of nitrogens with one attached hydrogen (secondary N) is 2. The minimum atomic E-state index is -2.15. The predicted molar refractivity (Wildman–Crippen MR) is 144 cm³/mol. The van der Waals surface area contributed by atoms with Gasteiger partial charge in [-0.2, -0.15) is 0 Å². The molecule has 35 heavy (non-hydrogen) atoms. The molecule has 178 valence electrons. The van der Waals surface area contributed by atoms with Crippen molar-refractivity contribution in [1.82, 2.24) is 9.96 Å². The van der Waals surface area contributed by atoms with Crippen LogP contribution in [-0.4, -0.2) is 28.3 Å².